The highest BCUT2D eigenvalue weighted by Gasteiger charge is 2.53. The fourth-order valence-electron chi connectivity index (χ4n) is 3.30. The summed E-state index contributed by atoms with van der Waals surface area (Å²) in [6, 6.07) is 1.85. The van der Waals surface area contributed by atoms with Gasteiger partial charge in [-0.3, -0.25) is 14.5 Å². The minimum atomic E-state index is -0.607. The van der Waals surface area contributed by atoms with Gasteiger partial charge in [-0.2, -0.15) is 0 Å². The maximum Gasteiger partial charge on any atom is 0.270 e. The van der Waals surface area contributed by atoms with Crippen molar-refractivity contribution in [2.75, 3.05) is 11.4 Å². The van der Waals surface area contributed by atoms with E-state index in [1.54, 1.807) is 15.8 Å². The summed E-state index contributed by atoms with van der Waals surface area (Å²) >= 11 is 0. The van der Waals surface area contributed by atoms with Crippen LogP contribution in [0.25, 0.3) is 0 Å². The Morgan fingerprint density at radius 3 is 2.83 bits per heavy atom. The van der Waals surface area contributed by atoms with Gasteiger partial charge < -0.3 is 5.73 Å². The van der Waals surface area contributed by atoms with Gasteiger partial charge in [0.25, 0.3) is 5.91 Å². The highest BCUT2D eigenvalue weighted by Crippen LogP contribution is 2.47. The Bertz CT molecular complexity index is 845. The number of amides is 2. The Kier molecular flexibility index (Phi) is 3.16. The number of carbonyl (C=O) groups excluding carboxylic acids is 2. The lowest BCUT2D eigenvalue weighted by Gasteiger charge is -2.21. The minimum absolute atomic E-state index is 0.130. The number of nitrogens with zero attached hydrogens (tertiary/aromatic N) is 5. The van der Waals surface area contributed by atoms with Crippen LogP contribution in [-0.2, 0) is 4.79 Å². The van der Waals surface area contributed by atoms with Gasteiger partial charge in [0.2, 0.25) is 5.91 Å². The second kappa shape index (κ2) is 5.12. The van der Waals surface area contributed by atoms with Crippen molar-refractivity contribution in [2.45, 2.75) is 26.3 Å². The van der Waals surface area contributed by atoms with Gasteiger partial charge in [-0.05, 0) is 43.4 Å². The topological polar surface area (TPSA) is 107 Å². The molecule has 2 aromatic rings. The number of aryl methyl sites for hydroxylation is 1. The van der Waals surface area contributed by atoms with Gasteiger partial charge in [0.15, 0.2) is 5.69 Å². The van der Waals surface area contributed by atoms with Crippen LogP contribution < -0.4 is 10.6 Å². The van der Waals surface area contributed by atoms with E-state index in [-0.39, 0.29) is 23.6 Å². The summed E-state index contributed by atoms with van der Waals surface area (Å²) in [6.07, 6.45) is 4.29. The summed E-state index contributed by atoms with van der Waals surface area (Å²) in [5.74, 6) is 1.05. The van der Waals surface area contributed by atoms with Gasteiger partial charge in [0.05, 0.1) is 12.2 Å². The first-order valence-corrected chi connectivity index (χ1v) is 7.95. The van der Waals surface area contributed by atoms with E-state index >= 15 is 0 Å². The molecule has 2 N–H and O–H groups in total. The number of primary amides is 1. The van der Waals surface area contributed by atoms with Crippen LogP contribution in [0.3, 0.4) is 0 Å². The van der Waals surface area contributed by atoms with E-state index < -0.39 is 5.91 Å². The van der Waals surface area contributed by atoms with Gasteiger partial charge in [0.1, 0.15) is 5.82 Å². The van der Waals surface area contributed by atoms with E-state index in [9.17, 15) is 9.59 Å². The lowest BCUT2D eigenvalue weighted by molar-refractivity contribution is -0.118. The van der Waals surface area contributed by atoms with Gasteiger partial charge >= 0.3 is 0 Å². The lowest BCUT2D eigenvalue weighted by atomic mass is 10.1. The molecule has 0 spiro atoms. The summed E-state index contributed by atoms with van der Waals surface area (Å²) in [4.78, 5) is 29.7. The molecule has 3 atom stereocenters. The van der Waals surface area contributed by atoms with E-state index in [1.807, 2.05) is 19.9 Å². The Balaban J connectivity index is 1.59. The zero-order chi connectivity index (χ0) is 17.0. The average Bonchev–Trinajstić information content (AvgIpc) is 3.01. The number of anilines is 1. The number of hydrogen-bond acceptors (Lipinski definition) is 5. The average molecular weight is 326 g/mol. The molecule has 8 nitrogen and oxygen atoms in total. The number of carbonyl (C=O) groups is 2. The van der Waals surface area contributed by atoms with Crippen LogP contribution in [0, 0.1) is 18.8 Å². The summed E-state index contributed by atoms with van der Waals surface area (Å²) in [5, 5.41) is 7.70. The molecule has 0 radical (unpaired) electrons. The van der Waals surface area contributed by atoms with Crippen molar-refractivity contribution in [1.29, 1.82) is 0 Å². The quantitative estimate of drug-likeness (QED) is 0.888. The van der Waals surface area contributed by atoms with Crippen LogP contribution in [0.4, 0.5) is 5.82 Å². The van der Waals surface area contributed by atoms with E-state index in [0.717, 1.165) is 29.9 Å². The molecule has 8 heteroatoms. The fraction of sp³-hybridized carbons (Fsp3) is 0.438. The van der Waals surface area contributed by atoms with Gasteiger partial charge in [-0.15, -0.1) is 5.10 Å². The highest BCUT2D eigenvalue weighted by molar-refractivity contribution is 5.99. The van der Waals surface area contributed by atoms with Crippen molar-refractivity contribution < 1.29 is 9.59 Å². The molecule has 24 heavy (non-hydrogen) atoms. The maximum atomic E-state index is 12.2. The van der Waals surface area contributed by atoms with Crippen LogP contribution in [0.15, 0.2) is 18.5 Å². The number of rotatable bonds is 4. The number of nitrogens with two attached hydrogens (primary N) is 1. The Hall–Kier alpha value is -2.77. The molecule has 0 bridgehead atoms. The highest BCUT2D eigenvalue weighted by atomic mass is 16.2. The number of fused-ring (bicyclic) bond motifs is 1. The Morgan fingerprint density at radius 2 is 2.25 bits per heavy atom. The van der Waals surface area contributed by atoms with Crippen LogP contribution in [-0.4, -0.2) is 38.3 Å². The molecular formula is C16H18N6O2. The monoisotopic (exact) mass is 326 g/mol. The zero-order valence-electron chi connectivity index (χ0n) is 13.5. The summed E-state index contributed by atoms with van der Waals surface area (Å²) in [7, 11) is 0. The predicted molar refractivity (Wildman–Crippen MR) is 85.3 cm³/mol. The first kappa shape index (κ1) is 14.8. The van der Waals surface area contributed by atoms with Crippen LogP contribution >= 0.6 is 0 Å². The summed E-state index contributed by atoms with van der Waals surface area (Å²) < 4.78 is 1.58. The molecule has 1 aliphatic heterocycles. The zero-order valence-corrected chi connectivity index (χ0v) is 13.5. The van der Waals surface area contributed by atoms with Crippen molar-refractivity contribution in [3.05, 3.63) is 35.3 Å². The van der Waals surface area contributed by atoms with Crippen molar-refractivity contribution in [1.82, 2.24) is 20.0 Å². The largest absolute Gasteiger partial charge is 0.364 e. The SMILES string of the molecule is Cc1cc([C@H](C)n2cc(C(N)=O)nn2)cnc1N1C[C@H]2C[C@H]2C1=O. The number of piperidine rings is 1. The van der Waals surface area contributed by atoms with Crippen molar-refractivity contribution in [3.8, 4) is 0 Å². The van der Waals surface area contributed by atoms with Gasteiger partial charge in [-0.25, -0.2) is 9.67 Å². The van der Waals surface area contributed by atoms with Crippen molar-refractivity contribution in [3.63, 3.8) is 0 Å². The summed E-state index contributed by atoms with van der Waals surface area (Å²) in [5.41, 5.74) is 7.21. The fourth-order valence-corrected chi connectivity index (χ4v) is 3.30. The maximum absolute atomic E-state index is 12.2. The standard InChI is InChI=1S/C16H18N6O2/c1-8-3-10(9(2)22-7-13(14(17)23)19-20-22)5-18-15(8)21-6-11-4-12(11)16(21)24/h3,5,7,9,11-12H,4,6H2,1-2H3,(H2,17,23)/t9-,11+,12+/m0/s1. The molecule has 4 rings (SSSR count). The van der Waals surface area contributed by atoms with Gasteiger partial charge in [0, 0.05) is 18.7 Å². The molecule has 1 saturated carbocycles. The van der Waals surface area contributed by atoms with E-state index in [0.29, 0.717) is 5.92 Å². The molecule has 2 amide bonds. The molecule has 2 aromatic heterocycles. The van der Waals surface area contributed by atoms with Crippen molar-refractivity contribution in [2.24, 2.45) is 17.6 Å². The molecular weight excluding hydrogens is 308 g/mol. The van der Waals surface area contributed by atoms with Crippen LogP contribution in [0.5, 0.6) is 0 Å². The second-order valence-electron chi connectivity index (χ2n) is 6.58. The second-order valence-corrected chi connectivity index (χ2v) is 6.58. The smallest absolute Gasteiger partial charge is 0.270 e. The minimum Gasteiger partial charge on any atom is -0.364 e. The van der Waals surface area contributed by atoms with Crippen LogP contribution in [0.1, 0.15) is 41.0 Å². The summed E-state index contributed by atoms with van der Waals surface area (Å²) in [6.45, 7) is 4.66. The molecule has 0 aromatic carbocycles. The number of hydrogen-bond donors (Lipinski definition) is 1. The normalized spacial score (nSPS) is 23.2. The third kappa shape index (κ3) is 2.26. The van der Waals surface area contributed by atoms with E-state index in [2.05, 4.69) is 15.3 Å². The number of aromatic nitrogens is 4. The number of pyridine rings is 1. The third-order valence-corrected chi connectivity index (χ3v) is 4.89. The van der Waals surface area contributed by atoms with E-state index in [4.69, 9.17) is 5.73 Å². The first-order chi connectivity index (χ1) is 11.5. The lowest BCUT2D eigenvalue weighted by Crippen LogP contribution is -2.29. The first-order valence-electron chi connectivity index (χ1n) is 7.95. The Labute approximate surface area is 138 Å². The molecule has 1 aliphatic carbocycles. The predicted octanol–water partition coefficient (Wildman–Crippen LogP) is 0.672. The molecule has 1 saturated heterocycles. The molecule has 0 unspecified atom stereocenters. The van der Waals surface area contributed by atoms with Crippen molar-refractivity contribution >= 4 is 17.6 Å². The molecule has 124 valence electrons. The molecule has 3 heterocycles. The Morgan fingerprint density at radius 1 is 1.46 bits per heavy atom. The molecule has 2 aliphatic rings. The van der Waals surface area contributed by atoms with Crippen LogP contribution in [0.2, 0.25) is 0 Å². The van der Waals surface area contributed by atoms with E-state index in [1.165, 1.54) is 6.20 Å². The van der Waals surface area contributed by atoms with Gasteiger partial charge in [-0.1, -0.05) is 5.21 Å². The third-order valence-electron chi connectivity index (χ3n) is 4.89. The molecule has 2 fully saturated rings.